The van der Waals surface area contributed by atoms with Gasteiger partial charge < -0.3 is 24.3 Å². The average Bonchev–Trinajstić information content (AvgIpc) is 3.53. The molecule has 5 rings (SSSR count). The SMILES string of the molecule is COc1cccc(N2CCN(C(=O)c3cnn4c3N[C@H](c3ccco3)C[C@@H]4C(F)(F)F)CC2)c1. The zero-order chi connectivity index (χ0) is 23.9. The molecule has 2 aromatic heterocycles. The molecule has 1 aromatic carbocycles. The standard InChI is InChI=1S/C23H24F3N5O3/c1-33-16-5-2-4-15(12-16)29-7-9-30(10-8-29)22(32)17-14-27-31-20(23(24,25)26)13-18(28-21(17)31)19-6-3-11-34-19/h2-6,11-12,14,18,20,28H,7-10,13H2,1H3/t18-,20+/m0/s1. The van der Waals surface area contributed by atoms with Crippen LogP contribution in [0.3, 0.4) is 0 Å². The zero-order valence-electron chi connectivity index (χ0n) is 18.5. The third kappa shape index (κ3) is 4.06. The Kier molecular flexibility index (Phi) is 5.62. The summed E-state index contributed by atoms with van der Waals surface area (Å²) < 4.78 is 53.0. The van der Waals surface area contributed by atoms with Crippen molar-refractivity contribution in [2.24, 2.45) is 0 Å². The van der Waals surface area contributed by atoms with E-state index in [-0.39, 0.29) is 23.7 Å². The van der Waals surface area contributed by atoms with Crippen molar-refractivity contribution in [1.29, 1.82) is 0 Å². The van der Waals surface area contributed by atoms with Crippen molar-refractivity contribution in [1.82, 2.24) is 14.7 Å². The lowest BCUT2D eigenvalue weighted by molar-refractivity contribution is -0.174. The summed E-state index contributed by atoms with van der Waals surface area (Å²) >= 11 is 0. The van der Waals surface area contributed by atoms with Gasteiger partial charge in [0.05, 0.1) is 25.6 Å². The maximum atomic E-state index is 13.8. The number of benzene rings is 1. The number of ether oxygens (including phenoxy) is 1. The van der Waals surface area contributed by atoms with Gasteiger partial charge in [-0.3, -0.25) is 4.79 Å². The van der Waals surface area contributed by atoms with E-state index in [1.54, 1.807) is 24.1 Å². The van der Waals surface area contributed by atoms with Crippen LogP contribution < -0.4 is 15.0 Å². The Morgan fingerprint density at radius 3 is 2.65 bits per heavy atom. The first-order chi connectivity index (χ1) is 16.3. The minimum Gasteiger partial charge on any atom is -0.497 e. The van der Waals surface area contributed by atoms with Crippen LogP contribution in [0.5, 0.6) is 5.75 Å². The van der Waals surface area contributed by atoms with Crippen LogP contribution in [0.4, 0.5) is 24.7 Å². The highest BCUT2D eigenvalue weighted by Crippen LogP contribution is 2.44. The third-order valence-corrected chi connectivity index (χ3v) is 6.34. The van der Waals surface area contributed by atoms with Crippen LogP contribution in [0.25, 0.3) is 0 Å². The van der Waals surface area contributed by atoms with E-state index in [9.17, 15) is 18.0 Å². The van der Waals surface area contributed by atoms with Gasteiger partial charge in [-0.2, -0.15) is 18.3 Å². The number of rotatable bonds is 4. The topological polar surface area (TPSA) is 75.8 Å². The summed E-state index contributed by atoms with van der Waals surface area (Å²) in [4.78, 5) is 17.1. The second-order valence-electron chi connectivity index (χ2n) is 8.34. The molecule has 1 N–H and O–H groups in total. The second kappa shape index (κ2) is 8.62. The highest BCUT2D eigenvalue weighted by atomic mass is 19.4. The fraction of sp³-hybridized carbons (Fsp3) is 0.391. The van der Waals surface area contributed by atoms with Gasteiger partial charge in [-0.25, -0.2) is 4.68 Å². The van der Waals surface area contributed by atoms with E-state index in [1.807, 2.05) is 24.3 Å². The number of halogens is 3. The number of hydrogen-bond acceptors (Lipinski definition) is 6. The first kappa shape index (κ1) is 22.2. The van der Waals surface area contributed by atoms with Gasteiger partial charge in [0.1, 0.15) is 22.9 Å². The van der Waals surface area contributed by atoms with Crippen LogP contribution in [-0.4, -0.2) is 60.1 Å². The Hall–Kier alpha value is -3.63. The molecule has 180 valence electrons. The molecule has 0 spiro atoms. The van der Waals surface area contributed by atoms with E-state index in [4.69, 9.17) is 9.15 Å². The fourth-order valence-corrected chi connectivity index (χ4v) is 4.54. The minimum absolute atomic E-state index is 0.0650. The van der Waals surface area contributed by atoms with E-state index in [0.717, 1.165) is 16.1 Å². The lowest BCUT2D eigenvalue weighted by atomic mass is 10.0. The van der Waals surface area contributed by atoms with Crippen molar-refractivity contribution >= 4 is 17.4 Å². The van der Waals surface area contributed by atoms with Crippen molar-refractivity contribution in [2.45, 2.75) is 24.7 Å². The quantitative estimate of drug-likeness (QED) is 0.612. The number of methoxy groups -OCH3 is 1. The van der Waals surface area contributed by atoms with E-state index in [1.165, 1.54) is 12.5 Å². The molecule has 1 amide bonds. The molecular weight excluding hydrogens is 451 g/mol. The number of amides is 1. The Morgan fingerprint density at radius 1 is 1.18 bits per heavy atom. The predicted molar refractivity (Wildman–Crippen MR) is 118 cm³/mol. The number of aromatic nitrogens is 2. The predicted octanol–water partition coefficient (Wildman–Crippen LogP) is 4.11. The molecule has 2 aliphatic heterocycles. The summed E-state index contributed by atoms with van der Waals surface area (Å²) in [5.41, 5.74) is 1.12. The Bertz CT molecular complexity index is 1150. The number of anilines is 2. The lowest BCUT2D eigenvalue weighted by Gasteiger charge is -2.37. The molecule has 0 radical (unpaired) electrons. The number of piperazine rings is 1. The Morgan fingerprint density at radius 2 is 1.97 bits per heavy atom. The molecule has 8 nitrogen and oxygen atoms in total. The van der Waals surface area contributed by atoms with Gasteiger partial charge in [-0.15, -0.1) is 0 Å². The van der Waals surface area contributed by atoms with Crippen LogP contribution in [0, 0.1) is 0 Å². The molecule has 11 heteroatoms. The van der Waals surface area contributed by atoms with Crippen molar-refractivity contribution in [3.05, 3.63) is 60.2 Å². The average molecular weight is 475 g/mol. The highest BCUT2D eigenvalue weighted by molar-refractivity contribution is 5.99. The Balaban J connectivity index is 1.35. The van der Waals surface area contributed by atoms with Gasteiger partial charge in [0, 0.05) is 44.4 Å². The maximum Gasteiger partial charge on any atom is 0.410 e. The van der Waals surface area contributed by atoms with E-state index in [0.29, 0.717) is 31.9 Å². The molecule has 0 unspecified atom stereocenters. The number of carbonyl (C=O) groups excluding carboxylic acids is 1. The van der Waals surface area contributed by atoms with Crippen molar-refractivity contribution in [2.75, 3.05) is 43.5 Å². The number of nitrogens with zero attached hydrogens (tertiary/aromatic N) is 4. The van der Waals surface area contributed by atoms with Crippen molar-refractivity contribution < 1.29 is 27.1 Å². The van der Waals surface area contributed by atoms with E-state index >= 15 is 0 Å². The Labute approximate surface area is 193 Å². The molecular formula is C23H24F3N5O3. The lowest BCUT2D eigenvalue weighted by Crippen LogP contribution is -2.49. The molecule has 4 heterocycles. The summed E-state index contributed by atoms with van der Waals surface area (Å²) in [6.45, 7) is 2.06. The summed E-state index contributed by atoms with van der Waals surface area (Å²) in [6, 6.07) is 8.35. The summed E-state index contributed by atoms with van der Waals surface area (Å²) in [5, 5.41) is 7.00. The molecule has 1 saturated heterocycles. The van der Waals surface area contributed by atoms with Crippen LogP contribution in [0.1, 0.15) is 34.6 Å². The molecule has 1 fully saturated rings. The van der Waals surface area contributed by atoms with Gasteiger partial charge in [0.2, 0.25) is 0 Å². The number of nitrogens with one attached hydrogen (secondary N) is 1. The van der Waals surface area contributed by atoms with Crippen LogP contribution >= 0.6 is 0 Å². The number of furan rings is 1. The summed E-state index contributed by atoms with van der Waals surface area (Å²) in [7, 11) is 1.61. The van der Waals surface area contributed by atoms with Crippen molar-refractivity contribution in [3.8, 4) is 5.75 Å². The molecule has 2 atom stereocenters. The number of hydrogen-bond donors (Lipinski definition) is 1. The second-order valence-corrected chi connectivity index (χ2v) is 8.34. The van der Waals surface area contributed by atoms with Crippen molar-refractivity contribution in [3.63, 3.8) is 0 Å². The zero-order valence-corrected chi connectivity index (χ0v) is 18.5. The first-order valence-electron chi connectivity index (χ1n) is 11.0. The van der Waals surface area contributed by atoms with Crippen LogP contribution in [-0.2, 0) is 0 Å². The monoisotopic (exact) mass is 475 g/mol. The molecule has 0 saturated carbocycles. The smallest absolute Gasteiger partial charge is 0.410 e. The van der Waals surface area contributed by atoms with Gasteiger partial charge in [0.15, 0.2) is 6.04 Å². The molecule has 2 aliphatic rings. The largest absolute Gasteiger partial charge is 0.497 e. The third-order valence-electron chi connectivity index (χ3n) is 6.34. The highest BCUT2D eigenvalue weighted by Gasteiger charge is 2.48. The molecule has 3 aromatic rings. The van der Waals surface area contributed by atoms with Crippen LogP contribution in [0.2, 0.25) is 0 Å². The van der Waals surface area contributed by atoms with Gasteiger partial charge >= 0.3 is 6.18 Å². The molecule has 0 bridgehead atoms. The fourth-order valence-electron chi connectivity index (χ4n) is 4.54. The number of fused-ring (bicyclic) bond motifs is 1. The van der Waals surface area contributed by atoms with E-state index < -0.39 is 18.3 Å². The molecule has 34 heavy (non-hydrogen) atoms. The van der Waals surface area contributed by atoms with Gasteiger partial charge in [0.25, 0.3) is 5.91 Å². The van der Waals surface area contributed by atoms with Gasteiger partial charge in [-0.1, -0.05) is 6.07 Å². The molecule has 0 aliphatic carbocycles. The number of alkyl halides is 3. The van der Waals surface area contributed by atoms with E-state index in [2.05, 4.69) is 15.3 Å². The minimum atomic E-state index is -4.52. The normalized spacial score (nSPS) is 20.6. The van der Waals surface area contributed by atoms with Gasteiger partial charge in [-0.05, 0) is 24.3 Å². The summed E-state index contributed by atoms with van der Waals surface area (Å²) in [5.74, 6) is 0.848. The summed E-state index contributed by atoms with van der Waals surface area (Å²) in [6.07, 6.45) is -2.16. The first-order valence-corrected chi connectivity index (χ1v) is 11.0. The maximum absolute atomic E-state index is 13.8. The number of carbonyl (C=O) groups is 1. The van der Waals surface area contributed by atoms with Crippen LogP contribution in [0.15, 0.2) is 53.3 Å².